The Morgan fingerprint density at radius 1 is 1.41 bits per heavy atom. The molecule has 5 nitrogen and oxygen atoms in total. The number of hydrogen-bond donors (Lipinski definition) is 2. The van der Waals surface area contributed by atoms with Crippen LogP contribution in [0.1, 0.15) is 13.3 Å². The Balaban J connectivity index is 2.82. The highest BCUT2D eigenvalue weighted by molar-refractivity contribution is 7.89. The number of rotatable bonds is 5. The van der Waals surface area contributed by atoms with Gasteiger partial charge in [-0.1, -0.05) is 11.6 Å². The molecule has 0 heterocycles. The van der Waals surface area contributed by atoms with Crippen LogP contribution in [0.15, 0.2) is 29.2 Å². The molecule has 1 rings (SSSR count). The van der Waals surface area contributed by atoms with E-state index in [0.717, 1.165) is 0 Å². The van der Waals surface area contributed by atoms with Crippen LogP contribution in [-0.2, 0) is 14.8 Å². The molecule has 1 aromatic rings. The number of nitrogens with one attached hydrogen (secondary N) is 1. The Hall–Kier alpha value is -1.11. The fraction of sp³-hybridized carbons (Fsp3) is 0.300. The van der Waals surface area contributed by atoms with E-state index < -0.39 is 22.0 Å². The van der Waals surface area contributed by atoms with Crippen molar-refractivity contribution >= 4 is 27.6 Å². The number of halogens is 1. The van der Waals surface area contributed by atoms with Gasteiger partial charge in [0, 0.05) is 11.1 Å². The summed E-state index contributed by atoms with van der Waals surface area (Å²) >= 11 is 5.64. The van der Waals surface area contributed by atoms with Crippen LogP contribution in [0.3, 0.4) is 0 Å². The minimum atomic E-state index is -3.69. The molecule has 1 unspecified atom stereocenters. The smallest absolute Gasteiger partial charge is 0.304 e. The van der Waals surface area contributed by atoms with Crippen molar-refractivity contribution in [3.05, 3.63) is 29.3 Å². The maximum atomic E-state index is 11.8. The van der Waals surface area contributed by atoms with Gasteiger partial charge in [0.2, 0.25) is 10.0 Å². The van der Waals surface area contributed by atoms with E-state index in [1.807, 2.05) is 0 Å². The molecule has 0 fully saturated rings. The van der Waals surface area contributed by atoms with Crippen molar-refractivity contribution < 1.29 is 18.3 Å². The minimum absolute atomic E-state index is 0.0548. The van der Waals surface area contributed by atoms with Crippen molar-refractivity contribution in [2.75, 3.05) is 0 Å². The first-order chi connectivity index (χ1) is 7.81. The topological polar surface area (TPSA) is 83.5 Å². The standard InChI is InChI=1S/C10H12ClNO4S/c1-7(6-10(13)14)12-17(15,16)9-4-2-8(11)3-5-9/h2-5,7,12H,6H2,1H3,(H,13,14). The van der Waals surface area contributed by atoms with E-state index in [2.05, 4.69) is 4.72 Å². The summed E-state index contributed by atoms with van der Waals surface area (Å²) in [5, 5.41) is 8.97. The fourth-order valence-corrected chi connectivity index (χ4v) is 2.62. The van der Waals surface area contributed by atoms with E-state index in [1.165, 1.54) is 31.2 Å². The van der Waals surface area contributed by atoms with Gasteiger partial charge in [0.05, 0.1) is 11.3 Å². The van der Waals surface area contributed by atoms with Crippen molar-refractivity contribution in [3.8, 4) is 0 Å². The highest BCUT2D eigenvalue weighted by Crippen LogP contribution is 2.14. The highest BCUT2D eigenvalue weighted by atomic mass is 35.5. The van der Waals surface area contributed by atoms with Crippen LogP contribution < -0.4 is 4.72 Å². The lowest BCUT2D eigenvalue weighted by Crippen LogP contribution is -2.34. The van der Waals surface area contributed by atoms with Gasteiger partial charge in [-0.2, -0.15) is 0 Å². The summed E-state index contributed by atoms with van der Waals surface area (Å²) in [4.78, 5) is 10.5. The third-order valence-electron chi connectivity index (χ3n) is 1.96. The molecule has 1 aromatic carbocycles. The minimum Gasteiger partial charge on any atom is -0.481 e. The van der Waals surface area contributed by atoms with E-state index in [-0.39, 0.29) is 11.3 Å². The Bertz CT molecular complexity index is 498. The first-order valence-corrected chi connectivity index (χ1v) is 6.67. The summed E-state index contributed by atoms with van der Waals surface area (Å²) in [6.45, 7) is 1.49. The van der Waals surface area contributed by atoms with E-state index in [9.17, 15) is 13.2 Å². The Kier molecular flexibility index (Phi) is 4.50. The van der Waals surface area contributed by atoms with E-state index in [1.54, 1.807) is 0 Å². The molecule has 0 saturated heterocycles. The van der Waals surface area contributed by atoms with Gasteiger partial charge in [-0.05, 0) is 31.2 Å². The second-order valence-electron chi connectivity index (χ2n) is 3.57. The highest BCUT2D eigenvalue weighted by Gasteiger charge is 2.18. The molecule has 17 heavy (non-hydrogen) atoms. The third kappa shape index (κ3) is 4.33. The van der Waals surface area contributed by atoms with Crippen LogP contribution in [0, 0.1) is 0 Å². The van der Waals surface area contributed by atoms with E-state index >= 15 is 0 Å². The molecular formula is C10H12ClNO4S. The molecule has 0 aliphatic carbocycles. The number of hydrogen-bond acceptors (Lipinski definition) is 3. The van der Waals surface area contributed by atoms with Crippen LogP contribution in [0.4, 0.5) is 0 Å². The van der Waals surface area contributed by atoms with Gasteiger partial charge in [0.25, 0.3) is 0 Å². The van der Waals surface area contributed by atoms with E-state index in [4.69, 9.17) is 16.7 Å². The lowest BCUT2D eigenvalue weighted by Gasteiger charge is -2.12. The van der Waals surface area contributed by atoms with Gasteiger partial charge in [-0.25, -0.2) is 13.1 Å². The van der Waals surface area contributed by atoms with Gasteiger partial charge < -0.3 is 5.11 Å². The van der Waals surface area contributed by atoms with Crippen molar-refractivity contribution in [2.45, 2.75) is 24.3 Å². The molecule has 7 heteroatoms. The molecular weight excluding hydrogens is 266 g/mol. The summed E-state index contributed by atoms with van der Waals surface area (Å²) in [6, 6.07) is 4.96. The average Bonchev–Trinajstić information content (AvgIpc) is 2.15. The Morgan fingerprint density at radius 2 is 1.94 bits per heavy atom. The maximum absolute atomic E-state index is 11.8. The quantitative estimate of drug-likeness (QED) is 0.854. The molecule has 0 spiro atoms. The van der Waals surface area contributed by atoms with E-state index in [0.29, 0.717) is 5.02 Å². The number of sulfonamides is 1. The predicted molar refractivity (Wildman–Crippen MR) is 63.5 cm³/mol. The summed E-state index contributed by atoms with van der Waals surface area (Å²) < 4.78 is 25.8. The SMILES string of the molecule is CC(CC(=O)O)NS(=O)(=O)c1ccc(Cl)cc1. The number of carboxylic acid groups (broad SMARTS) is 1. The van der Waals surface area contributed by atoms with Gasteiger partial charge in [-0.3, -0.25) is 4.79 Å². The maximum Gasteiger partial charge on any atom is 0.304 e. The summed E-state index contributed by atoms with van der Waals surface area (Å²) in [5.74, 6) is -1.06. The molecule has 94 valence electrons. The van der Waals surface area contributed by atoms with Gasteiger partial charge in [-0.15, -0.1) is 0 Å². The largest absolute Gasteiger partial charge is 0.481 e. The molecule has 0 aliphatic heterocycles. The molecule has 0 saturated carbocycles. The zero-order valence-electron chi connectivity index (χ0n) is 9.05. The number of aliphatic carboxylic acids is 1. The van der Waals surface area contributed by atoms with Crippen LogP contribution in [0.2, 0.25) is 5.02 Å². The Labute approximate surface area is 104 Å². The Morgan fingerprint density at radius 3 is 2.41 bits per heavy atom. The van der Waals surface area contributed by atoms with Crippen LogP contribution in [-0.4, -0.2) is 25.5 Å². The van der Waals surface area contributed by atoms with Crippen molar-refractivity contribution in [3.63, 3.8) is 0 Å². The van der Waals surface area contributed by atoms with Gasteiger partial charge in [0.1, 0.15) is 0 Å². The van der Waals surface area contributed by atoms with Crippen LogP contribution >= 0.6 is 11.6 Å². The second kappa shape index (κ2) is 5.48. The molecule has 0 aromatic heterocycles. The predicted octanol–water partition coefficient (Wildman–Crippen LogP) is 1.48. The fourth-order valence-electron chi connectivity index (χ4n) is 1.25. The van der Waals surface area contributed by atoms with Gasteiger partial charge >= 0.3 is 5.97 Å². The zero-order chi connectivity index (χ0) is 13.1. The van der Waals surface area contributed by atoms with Gasteiger partial charge in [0.15, 0.2) is 0 Å². The van der Waals surface area contributed by atoms with Crippen LogP contribution in [0.5, 0.6) is 0 Å². The van der Waals surface area contributed by atoms with Crippen LogP contribution in [0.25, 0.3) is 0 Å². The second-order valence-corrected chi connectivity index (χ2v) is 5.72. The normalized spacial score (nSPS) is 13.3. The number of benzene rings is 1. The lowest BCUT2D eigenvalue weighted by atomic mass is 10.3. The first-order valence-electron chi connectivity index (χ1n) is 4.81. The summed E-state index contributed by atoms with van der Waals surface area (Å²) in [6.07, 6.45) is -0.271. The van der Waals surface area contributed by atoms with Crippen molar-refractivity contribution in [1.29, 1.82) is 0 Å². The molecule has 0 bridgehead atoms. The number of carboxylic acids is 1. The third-order valence-corrected chi connectivity index (χ3v) is 3.82. The zero-order valence-corrected chi connectivity index (χ0v) is 10.6. The molecule has 2 N–H and O–H groups in total. The van der Waals surface area contributed by atoms with Crippen molar-refractivity contribution in [1.82, 2.24) is 4.72 Å². The monoisotopic (exact) mass is 277 g/mol. The lowest BCUT2D eigenvalue weighted by molar-refractivity contribution is -0.137. The average molecular weight is 278 g/mol. The first kappa shape index (κ1) is 14.0. The number of carbonyl (C=O) groups is 1. The molecule has 0 radical (unpaired) electrons. The van der Waals surface area contributed by atoms with Crippen molar-refractivity contribution in [2.24, 2.45) is 0 Å². The summed E-state index contributed by atoms with van der Waals surface area (Å²) in [5.41, 5.74) is 0. The molecule has 0 amide bonds. The molecule has 1 atom stereocenters. The molecule has 0 aliphatic rings. The summed E-state index contributed by atoms with van der Waals surface area (Å²) in [7, 11) is -3.69.